The highest BCUT2D eigenvalue weighted by Crippen LogP contribution is 2.23. The Morgan fingerprint density at radius 3 is 2.05 bits per heavy atom. The molecule has 3 atom stereocenters. The van der Waals surface area contributed by atoms with Crippen LogP contribution in [0.4, 0.5) is 0 Å². The van der Waals surface area contributed by atoms with Crippen LogP contribution in [0.3, 0.4) is 0 Å². The Balaban J connectivity index is 1.70. The van der Waals surface area contributed by atoms with Gasteiger partial charge in [0.1, 0.15) is 6.10 Å². The number of carbonyl (C=O) groups excluding carboxylic acids is 3. The van der Waals surface area contributed by atoms with Gasteiger partial charge in [-0.15, -0.1) is 13.2 Å². The molecule has 0 aliphatic rings. The summed E-state index contributed by atoms with van der Waals surface area (Å²) in [5, 5.41) is 12.5. The standard InChI is InChI=1S/C37H44N2O5/c1-3-5-20-33(25-29-16-9-6-10-17-29)37(43)44-34(31-21-13-8-14-22-31)27-38-36(42)32(15-4-2)26-35(41)39(23-24-40)28-30-18-11-7-12-19-30/h3-4,6-14,16-19,21-22,32-34,40H,1-2,5,15,20,23-28H2,(H,38,42)/t32-,33-,34+/m1/s1. The SMILES string of the molecule is C=CCC[C@H](Cc1ccccc1)C(=O)O[C@@H](CNC(=O)[C@H](CC=C)CC(=O)N(CCO)Cc1ccccc1)c1ccccc1. The van der Waals surface area contributed by atoms with Crippen molar-refractivity contribution in [3.63, 3.8) is 0 Å². The Labute approximate surface area is 261 Å². The first-order chi connectivity index (χ1) is 21.4. The maximum Gasteiger partial charge on any atom is 0.309 e. The van der Waals surface area contributed by atoms with E-state index in [1.54, 1.807) is 17.1 Å². The van der Waals surface area contributed by atoms with E-state index in [-0.39, 0.29) is 49.8 Å². The summed E-state index contributed by atoms with van der Waals surface area (Å²) in [5.41, 5.74) is 2.74. The van der Waals surface area contributed by atoms with Gasteiger partial charge in [0.25, 0.3) is 0 Å². The fraction of sp³-hybridized carbons (Fsp3) is 0.324. The topological polar surface area (TPSA) is 95.9 Å². The molecule has 0 aliphatic carbocycles. The molecule has 7 nitrogen and oxygen atoms in total. The summed E-state index contributed by atoms with van der Waals surface area (Å²) < 4.78 is 6.06. The number of aliphatic hydroxyl groups is 1. The monoisotopic (exact) mass is 596 g/mol. The van der Waals surface area contributed by atoms with Gasteiger partial charge in [0.15, 0.2) is 0 Å². The normalized spacial score (nSPS) is 12.8. The zero-order valence-corrected chi connectivity index (χ0v) is 25.4. The molecule has 0 saturated heterocycles. The van der Waals surface area contributed by atoms with Gasteiger partial charge >= 0.3 is 5.97 Å². The van der Waals surface area contributed by atoms with E-state index in [0.717, 1.165) is 16.7 Å². The molecule has 232 valence electrons. The van der Waals surface area contributed by atoms with E-state index in [9.17, 15) is 19.5 Å². The molecule has 44 heavy (non-hydrogen) atoms. The molecule has 2 N–H and O–H groups in total. The quantitative estimate of drug-likeness (QED) is 0.134. The molecular formula is C37H44N2O5. The number of nitrogens with one attached hydrogen (secondary N) is 1. The molecule has 0 saturated carbocycles. The lowest BCUT2D eigenvalue weighted by atomic mass is 9.94. The second-order valence-corrected chi connectivity index (χ2v) is 10.8. The molecule has 0 fully saturated rings. The Hall–Kier alpha value is -4.49. The van der Waals surface area contributed by atoms with E-state index in [0.29, 0.717) is 32.2 Å². The highest BCUT2D eigenvalue weighted by atomic mass is 16.5. The summed E-state index contributed by atoms with van der Waals surface area (Å²) in [4.78, 5) is 41.7. The summed E-state index contributed by atoms with van der Waals surface area (Å²) in [6.45, 7) is 7.96. The number of esters is 1. The minimum atomic E-state index is -0.710. The predicted molar refractivity (Wildman–Crippen MR) is 173 cm³/mol. The molecule has 2 amide bonds. The average Bonchev–Trinajstić information content (AvgIpc) is 3.05. The molecule has 3 aromatic carbocycles. The minimum Gasteiger partial charge on any atom is -0.455 e. The first-order valence-corrected chi connectivity index (χ1v) is 15.2. The predicted octanol–water partition coefficient (Wildman–Crippen LogP) is 5.82. The molecule has 3 rings (SSSR count). The lowest BCUT2D eigenvalue weighted by molar-refractivity contribution is -0.155. The number of hydrogen-bond donors (Lipinski definition) is 2. The van der Waals surface area contributed by atoms with Crippen molar-refractivity contribution in [1.29, 1.82) is 0 Å². The third-order valence-electron chi connectivity index (χ3n) is 7.45. The lowest BCUT2D eigenvalue weighted by Crippen LogP contribution is -2.39. The van der Waals surface area contributed by atoms with Crippen LogP contribution in [0.5, 0.6) is 0 Å². The van der Waals surface area contributed by atoms with E-state index >= 15 is 0 Å². The van der Waals surface area contributed by atoms with Crippen molar-refractivity contribution in [3.8, 4) is 0 Å². The Morgan fingerprint density at radius 1 is 0.841 bits per heavy atom. The molecule has 0 heterocycles. The van der Waals surface area contributed by atoms with Gasteiger partial charge < -0.3 is 20.1 Å². The van der Waals surface area contributed by atoms with Gasteiger partial charge in [-0.05, 0) is 42.4 Å². The van der Waals surface area contributed by atoms with E-state index in [1.807, 2.05) is 91.0 Å². The lowest BCUT2D eigenvalue weighted by Gasteiger charge is -2.25. The molecule has 0 radical (unpaired) electrons. The van der Waals surface area contributed by atoms with E-state index in [4.69, 9.17) is 4.74 Å². The summed E-state index contributed by atoms with van der Waals surface area (Å²) in [6, 6.07) is 28.7. The number of rotatable bonds is 19. The maximum absolute atomic E-state index is 13.5. The molecule has 0 bridgehead atoms. The first kappa shape index (κ1) is 34.0. The zero-order valence-electron chi connectivity index (χ0n) is 25.4. The fourth-order valence-corrected chi connectivity index (χ4v) is 5.03. The number of benzene rings is 3. The van der Waals surface area contributed by atoms with Crippen molar-refractivity contribution < 1.29 is 24.2 Å². The Kier molecular flexibility index (Phi) is 14.6. The highest BCUT2D eigenvalue weighted by molar-refractivity contribution is 5.86. The summed E-state index contributed by atoms with van der Waals surface area (Å²) in [7, 11) is 0. The van der Waals surface area contributed by atoms with Crippen LogP contribution < -0.4 is 5.32 Å². The number of carbonyl (C=O) groups is 3. The van der Waals surface area contributed by atoms with Crippen LogP contribution >= 0.6 is 0 Å². The smallest absolute Gasteiger partial charge is 0.309 e. The van der Waals surface area contributed by atoms with E-state index < -0.39 is 12.0 Å². The molecule has 3 aromatic rings. The van der Waals surface area contributed by atoms with Gasteiger partial charge in [-0.3, -0.25) is 14.4 Å². The Bertz CT molecular complexity index is 1310. The van der Waals surface area contributed by atoms with Crippen LogP contribution in [0, 0.1) is 11.8 Å². The van der Waals surface area contributed by atoms with Crippen molar-refractivity contribution in [2.24, 2.45) is 11.8 Å². The van der Waals surface area contributed by atoms with Gasteiger partial charge in [-0.2, -0.15) is 0 Å². The van der Waals surface area contributed by atoms with E-state index in [1.165, 1.54) is 0 Å². The molecule has 0 unspecified atom stereocenters. The fourth-order valence-electron chi connectivity index (χ4n) is 5.03. The number of ether oxygens (including phenoxy) is 1. The van der Waals surface area contributed by atoms with Gasteiger partial charge in [-0.1, -0.05) is 103 Å². The van der Waals surface area contributed by atoms with Gasteiger partial charge in [0.05, 0.1) is 25.0 Å². The summed E-state index contributed by atoms with van der Waals surface area (Å²) in [6.07, 6.45) is 4.77. The van der Waals surface area contributed by atoms with Crippen molar-refractivity contribution in [2.45, 2.75) is 44.8 Å². The van der Waals surface area contributed by atoms with Gasteiger partial charge in [0.2, 0.25) is 11.8 Å². The third kappa shape index (κ3) is 11.3. The van der Waals surface area contributed by atoms with Gasteiger partial charge in [-0.25, -0.2) is 0 Å². The van der Waals surface area contributed by atoms with Gasteiger partial charge in [0, 0.05) is 19.5 Å². The molecule has 7 heteroatoms. The van der Waals surface area contributed by atoms with Crippen LogP contribution in [0.2, 0.25) is 0 Å². The largest absolute Gasteiger partial charge is 0.455 e. The Morgan fingerprint density at radius 2 is 1.45 bits per heavy atom. The van der Waals surface area contributed by atoms with E-state index in [2.05, 4.69) is 18.5 Å². The summed E-state index contributed by atoms with van der Waals surface area (Å²) in [5.74, 6) is -1.93. The number of nitrogens with zero attached hydrogens (tertiary/aromatic N) is 1. The maximum atomic E-state index is 13.5. The van der Waals surface area contributed by atoms with Crippen molar-refractivity contribution in [3.05, 3.63) is 133 Å². The second-order valence-electron chi connectivity index (χ2n) is 10.8. The number of allylic oxidation sites excluding steroid dienone is 2. The second kappa shape index (κ2) is 18.9. The van der Waals surface area contributed by atoms with Crippen LogP contribution in [0.1, 0.15) is 48.5 Å². The molecule has 0 aliphatic heterocycles. The number of aliphatic hydroxyl groups excluding tert-OH is 1. The average molecular weight is 597 g/mol. The highest BCUT2D eigenvalue weighted by Gasteiger charge is 2.28. The van der Waals surface area contributed by atoms with Crippen molar-refractivity contribution >= 4 is 17.8 Å². The van der Waals surface area contributed by atoms with Crippen molar-refractivity contribution in [1.82, 2.24) is 10.2 Å². The molecular weight excluding hydrogens is 552 g/mol. The van der Waals surface area contributed by atoms with Crippen molar-refractivity contribution in [2.75, 3.05) is 19.7 Å². The third-order valence-corrected chi connectivity index (χ3v) is 7.45. The number of amides is 2. The van der Waals surface area contributed by atoms with Crippen LogP contribution in [0.25, 0.3) is 0 Å². The molecule has 0 spiro atoms. The summed E-state index contributed by atoms with van der Waals surface area (Å²) >= 11 is 0. The molecule has 0 aromatic heterocycles. The van der Waals surface area contributed by atoms with Crippen LogP contribution in [-0.2, 0) is 32.1 Å². The minimum absolute atomic E-state index is 0.0405. The number of hydrogen-bond acceptors (Lipinski definition) is 5. The first-order valence-electron chi connectivity index (χ1n) is 15.2. The zero-order chi connectivity index (χ0) is 31.6. The van der Waals surface area contributed by atoms with Crippen LogP contribution in [0.15, 0.2) is 116 Å². The van der Waals surface area contributed by atoms with Crippen LogP contribution in [-0.4, -0.2) is 47.5 Å².